The molecule has 0 bridgehead atoms. The summed E-state index contributed by atoms with van der Waals surface area (Å²) in [4.78, 5) is 16.0. The van der Waals surface area contributed by atoms with Crippen molar-refractivity contribution in [2.24, 2.45) is 0 Å². The number of aryl methyl sites for hydroxylation is 2. The summed E-state index contributed by atoms with van der Waals surface area (Å²) in [7, 11) is 1.65. The first-order valence-electron chi connectivity index (χ1n) is 6.47. The number of amides is 1. The fraction of sp³-hybridized carbons (Fsp3) is 0.692. The van der Waals surface area contributed by atoms with Gasteiger partial charge < -0.3 is 14.5 Å². The third-order valence-corrected chi connectivity index (χ3v) is 2.85. The van der Waals surface area contributed by atoms with Gasteiger partial charge in [0, 0.05) is 20.3 Å². The molecular formula is C13H23N3O3. The van der Waals surface area contributed by atoms with Crippen LogP contribution in [0.25, 0.3) is 0 Å². The molecule has 1 atom stereocenters. The van der Waals surface area contributed by atoms with E-state index in [9.17, 15) is 4.79 Å². The third kappa shape index (κ3) is 5.40. The van der Waals surface area contributed by atoms with Crippen LogP contribution < -0.4 is 10.6 Å². The molecule has 6 nitrogen and oxygen atoms in total. The van der Waals surface area contributed by atoms with E-state index in [-0.39, 0.29) is 11.9 Å². The molecule has 19 heavy (non-hydrogen) atoms. The number of nitrogens with one attached hydrogen (secondary N) is 2. The van der Waals surface area contributed by atoms with Gasteiger partial charge in [0.2, 0.25) is 11.8 Å². The molecule has 2 N–H and O–H groups in total. The molecule has 1 aromatic rings. The Morgan fingerprint density at radius 2 is 2.21 bits per heavy atom. The summed E-state index contributed by atoms with van der Waals surface area (Å²) in [6, 6.07) is -0.282. The maximum Gasteiger partial charge on any atom is 0.236 e. The third-order valence-electron chi connectivity index (χ3n) is 2.85. The van der Waals surface area contributed by atoms with Gasteiger partial charge in [0.15, 0.2) is 0 Å². The summed E-state index contributed by atoms with van der Waals surface area (Å²) in [5.41, 5.74) is 0.883. The van der Waals surface area contributed by atoms with Crippen LogP contribution in [0.5, 0.6) is 0 Å². The molecule has 1 amide bonds. The normalized spacial score (nSPS) is 12.4. The fourth-order valence-corrected chi connectivity index (χ4v) is 1.53. The molecule has 1 rings (SSSR count). The number of aromatic nitrogens is 1. The maximum absolute atomic E-state index is 11.7. The van der Waals surface area contributed by atoms with Crippen molar-refractivity contribution in [2.75, 3.05) is 20.3 Å². The molecule has 0 aliphatic rings. The molecule has 6 heteroatoms. The van der Waals surface area contributed by atoms with E-state index in [1.807, 2.05) is 20.8 Å². The Bertz CT molecular complexity index is 384. The number of carbonyl (C=O) groups is 1. The summed E-state index contributed by atoms with van der Waals surface area (Å²) in [6.07, 6.45) is 0.813. The van der Waals surface area contributed by atoms with Gasteiger partial charge in [0.05, 0.1) is 18.3 Å². The van der Waals surface area contributed by atoms with E-state index in [1.165, 1.54) is 0 Å². The smallest absolute Gasteiger partial charge is 0.236 e. The number of ether oxygens (including phenoxy) is 1. The maximum atomic E-state index is 11.7. The summed E-state index contributed by atoms with van der Waals surface area (Å²) < 4.78 is 10.4. The molecule has 0 radical (unpaired) electrons. The zero-order valence-electron chi connectivity index (χ0n) is 12.1. The van der Waals surface area contributed by atoms with Gasteiger partial charge in [-0.3, -0.25) is 10.1 Å². The van der Waals surface area contributed by atoms with Gasteiger partial charge >= 0.3 is 0 Å². The summed E-state index contributed by atoms with van der Waals surface area (Å²) in [5.74, 6) is 1.39. The molecule has 1 aromatic heterocycles. The van der Waals surface area contributed by atoms with Crippen LogP contribution >= 0.6 is 0 Å². The molecular weight excluding hydrogens is 246 g/mol. The minimum atomic E-state index is -0.282. The Labute approximate surface area is 113 Å². The monoisotopic (exact) mass is 269 g/mol. The summed E-state index contributed by atoms with van der Waals surface area (Å²) >= 11 is 0. The van der Waals surface area contributed by atoms with E-state index in [0.717, 1.165) is 17.9 Å². The number of hydrogen-bond acceptors (Lipinski definition) is 5. The zero-order valence-corrected chi connectivity index (χ0v) is 12.1. The summed E-state index contributed by atoms with van der Waals surface area (Å²) in [5, 5.41) is 5.92. The van der Waals surface area contributed by atoms with E-state index in [4.69, 9.17) is 9.15 Å². The van der Waals surface area contributed by atoms with Gasteiger partial charge in [-0.2, -0.15) is 0 Å². The van der Waals surface area contributed by atoms with Crippen molar-refractivity contribution in [1.82, 2.24) is 15.6 Å². The number of hydrogen-bond donors (Lipinski definition) is 2. The van der Waals surface area contributed by atoms with Gasteiger partial charge in [-0.1, -0.05) is 0 Å². The van der Waals surface area contributed by atoms with Crippen molar-refractivity contribution < 1.29 is 13.9 Å². The van der Waals surface area contributed by atoms with E-state index >= 15 is 0 Å². The standard InChI is InChI=1S/C13H23N3O3/c1-9-11(3)19-12(16-9)8-15-10(2)13(17)14-6-5-7-18-4/h10,15H,5-8H2,1-4H3,(H,14,17). The highest BCUT2D eigenvalue weighted by atomic mass is 16.5. The molecule has 0 saturated carbocycles. The topological polar surface area (TPSA) is 76.4 Å². The molecule has 0 aliphatic carbocycles. The van der Waals surface area contributed by atoms with Crippen LogP contribution in [-0.2, 0) is 16.1 Å². The lowest BCUT2D eigenvalue weighted by atomic mass is 10.3. The van der Waals surface area contributed by atoms with Crippen LogP contribution in [0.1, 0.15) is 30.7 Å². The van der Waals surface area contributed by atoms with Crippen LogP contribution in [0.3, 0.4) is 0 Å². The molecule has 0 fully saturated rings. The average molecular weight is 269 g/mol. The van der Waals surface area contributed by atoms with E-state index < -0.39 is 0 Å². The van der Waals surface area contributed by atoms with Crippen LogP contribution in [0.4, 0.5) is 0 Å². The molecule has 1 heterocycles. The van der Waals surface area contributed by atoms with Gasteiger partial charge in [0.25, 0.3) is 0 Å². The average Bonchev–Trinajstić information content (AvgIpc) is 2.71. The summed E-state index contributed by atoms with van der Waals surface area (Å²) in [6.45, 7) is 7.30. The minimum absolute atomic E-state index is 0.0314. The van der Waals surface area contributed by atoms with Gasteiger partial charge in [-0.05, 0) is 27.2 Å². The van der Waals surface area contributed by atoms with Crippen molar-refractivity contribution in [3.05, 3.63) is 17.3 Å². The van der Waals surface area contributed by atoms with Crippen molar-refractivity contribution >= 4 is 5.91 Å². The van der Waals surface area contributed by atoms with Gasteiger partial charge in [-0.15, -0.1) is 0 Å². The second-order valence-corrected chi connectivity index (χ2v) is 4.49. The SMILES string of the molecule is COCCCNC(=O)C(C)NCc1nc(C)c(C)o1. The second-order valence-electron chi connectivity index (χ2n) is 4.49. The first-order valence-corrected chi connectivity index (χ1v) is 6.47. The van der Waals surface area contributed by atoms with Crippen molar-refractivity contribution in [3.8, 4) is 0 Å². The van der Waals surface area contributed by atoms with Crippen molar-refractivity contribution in [1.29, 1.82) is 0 Å². The van der Waals surface area contributed by atoms with E-state index in [1.54, 1.807) is 7.11 Å². The Balaban J connectivity index is 2.26. The quantitative estimate of drug-likeness (QED) is 0.686. The molecule has 0 aliphatic heterocycles. The molecule has 0 spiro atoms. The largest absolute Gasteiger partial charge is 0.444 e. The van der Waals surface area contributed by atoms with Crippen LogP contribution in [-0.4, -0.2) is 37.2 Å². The Morgan fingerprint density at radius 3 is 2.79 bits per heavy atom. The van der Waals surface area contributed by atoms with E-state index in [2.05, 4.69) is 15.6 Å². The zero-order chi connectivity index (χ0) is 14.3. The number of nitrogens with zero attached hydrogens (tertiary/aromatic N) is 1. The highest BCUT2D eigenvalue weighted by molar-refractivity contribution is 5.81. The highest BCUT2D eigenvalue weighted by Crippen LogP contribution is 2.07. The predicted molar refractivity (Wildman–Crippen MR) is 71.8 cm³/mol. The first-order chi connectivity index (χ1) is 9.04. The Kier molecular flexibility index (Phi) is 6.52. The molecule has 0 saturated heterocycles. The first kappa shape index (κ1) is 15.7. The fourth-order valence-electron chi connectivity index (χ4n) is 1.53. The van der Waals surface area contributed by atoms with Crippen molar-refractivity contribution in [2.45, 2.75) is 39.8 Å². The lowest BCUT2D eigenvalue weighted by Gasteiger charge is -2.12. The molecule has 108 valence electrons. The van der Waals surface area contributed by atoms with Gasteiger partial charge in [0.1, 0.15) is 5.76 Å². The predicted octanol–water partition coefficient (Wildman–Crippen LogP) is 0.922. The Morgan fingerprint density at radius 1 is 1.47 bits per heavy atom. The lowest BCUT2D eigenvalue weighted by Crippen LogP contribution is -2.42. The molecule has 1 unspecified atom stereocenters. The van der Waals surface area contributed by atoms with Crippen LogP contribution in [0, 0.1) is 13.8 Å². The van der Waals surface area contributed by atoms with Crippen LogP contribution in [0.15, 0.2) is 4.42 Å². The molecule has 0 aromatic carbocycles. The van der Waals surface area contributed by atoms with E-state index in [0.29, 0.717) is 25.6 Å². The lowest BCUT2D eigenvalue weighted by molar-refractivity contribution is -0.122. The van der Waals surface area contributed by atoms with Crippen LogP contribution in [0.2, 0.25) is 0 Å². The number of oxazole rings is 1. The number of carbonyl (C=O) groups excluding carboxylic acids is 1. The highest BCUT2D eigenvalue weighted by Gasteiger charge is 2.13. The number of methoxy groups -OCH3 is 1. The minimum Gasteiger partial charge on any atom is -0.444 e. The van der Waals surface area contributed by atoms with Gasteiger partial charge in [-0.25, -0.2) is 4.98 Å². The second kappa shape index (κ2) is 7.91. The Hall–Kier alpha value is -1.40. The number of rotatable bonds is 8. The van der Waals surface area contributed by atoms with Crippen molar-refractivity contribution in [3.63, 3.8) is 0 Å².